The Morgan fingerprint density at radius 1 is 1.37 bits per heavy atom. The molecule has 19 heavy (non-hydrogen) atoms. The number of amides is 1. The smallest absolute Gasteiger partial charge is 0.326 e. The van der Waals surface area contributed by atoms with Crippen LogP contribution in [0.25, 0.3) is 0 Å². The summed E-state index contributed by atoms with van der Waals surface area (Å²) in [4.78, 5) is 28.1. The maximum atomic E-state index is 12.2. The molecule has 2 atom stereocenters. The number of rotatable bonds is 2. The minimum atomic E-state index is -1.18. The number of pyridine rings is 1. The SMILES string of the molecule is O=C(O)[C@@H]1CC(O)CN1C(=O)c1nc(Cl)ccc1Cl. The predicted molar refractivity (Wildman–Crippen MR) is 67.3 cm³/mol. The van der Waals surface area contributed by atoms with E-state index < -0.39 is 24.0 Å². The summed E-state index contributed by atoms with van der Waals surface area (Å²) >= 11 is 11.5. The fourth-order valence-electron chi connectivity index (χ4n) is 1.98. The van der Waals surface area contributed by atoms with Crippen LogP contribution in [0.2, 0.25) is 10.2 Å². The van der Waals surface area contributed by atoms with E-state index in [9.17, 15) is 14.7 Å². The average Bonchev–Trinajstić information content (AvgIpc) is 2.74. The van der Waals surface area contributed by atoms with Crippen LogP contribution in [0.5, 0.6) is 0 Å². The van der Waals surface area contributed by atoms with Crippen LogP contribution in [-0.4, -0.2) is 50.7 Å². The van der Waals surface area contributed by atoms with Gasteiger partial charge in [-0.2, -0.15) is 0 Å². The van der Waals surface area contributed by atoms with Gasteiger partial charge in [-0.05, 0) is 12.1 Å². The number of aliphatic hydroxyl groups excluding tert-OH is 1. The molecule has 2 rings (SSSR count). The van der Waals surface area contributed by atoms with Crippen LogP contribution < -0.4 is 0 Å². The molecule has 102 valence electrons. The van der Waals surface area contributed by atoms with Crippen LogP contribution >= 0.6 is 23.2 Å². The molecule has 1 fully saturated rings. The third kappa shape index (κ3) is 2.80. The zero-order valence-electron chi connectivity index (χ0n) is 9.58. The molecule has 0 bridgehead atoms. The summed E-state index contributed by atoms with van der Waals surface area (Å²) in [6.45, 7) is -0.0691. The number of carboxylic acids is 1. The number of carbonyl (C=O) groups is 2. The second-order valence-electron chi connectivity index (χ2n) is 4.17. The lowest BCUT2D eigenvalue weighted by Gasteiger charge is -2.21. The summed E-state index contributed by atoms with van der Waals surface area (Å²) in [7, 11) is 0. The molecule has 0 saturated carbocycles. The standard InChI is InChI=1S/C11H10Cl2N2O4/c12-6-1-2-8(13)14-9(6)10(17)15-4-5(16)3-7(15)11(18)19/h1-2,5,7,16H,3-4H2,(H,18,19)/t5?,7-/m0/s1. The third-order valence-electron chi connectivity index (χ3n) is 2.84. The number of hydrogen-bond donors (Lipinski definition) is 2. The first kappa shape index (κ1) is 14.0. The lowest BCUT2D eigenvalue weighted by Crippen LogP contribution is -2.41. The van der Waals surface area contributed by atoms with E-state index in [0.29, 0.717) is 0 Å². The van der Waals surface area contributed by atoms with Gasteiger partial charge >= 0.3 is 5.97 Å². The normalized spacial score (nSPS) is 22.6. The minimum Gasteiger partial charge on any atom is -0.480 e. The number of aliphatic carboxylic acids is 1. The molecule has 1 amide bonds. The number of aromatic nitrogens is 1. The van der Waals surface area contributed by atoms with Gasteiger partial charge in [0.15, 0.2) is 0 Å². The number of halogens is 2. The Balaban J connectivity index is 2.33. The largest absolute Gasteiger partial charge is 0.480 e. The van der Waals surface area contributed by atoms with Crippen molar-refractivity contribution >= 4 is 35.1 Å². The molecule has 1 unspecified atom stereocenters. The first-order valence-electron chi connectivity index (χ1n) is 5.44. The zero-order chi connectivity index (χ0) is 14.2. The van der Waals surface area contributed by atoms with E-state index in [2.05, 4.69) is 4.98 Å². The van der Waals surface area contributed by atoms with Gasteiger partial charge in [0.1, 0.15) is 16.9 Å². The lowest BCUT2D eigenvalue weighted by atomic mass is 10.2. The number of nitrogens with zero attached hydrogens (tertiary/aromatic N) is 2. The molecule has 1 aliphatic heterocycles. The summed E-state index contributed by atoms with van der Waals surface area (Å²) < 4.78 is 0. The molecule has 1 aromatic heterocycles. The Labute approximate surface area is 118 Å². The second kappa shape index (κ2) is 5.32. The van der Waals surface area contributed by atoms with Crippen molar-refractivity contribution in [2.75, 3.05) is 6.54 Å². The van der Waals surface area contributed by atoms with Crippen LogP contribution in [0.1, 0.15) is 16.9 Å². The average molecular weight is 305 g/mol. The van der Waals surface area contributed by atoms with E-state index in [1.807, 2.05) is 0 Å². The van der Waals surface area contributed by atoms with E-state index >= 15 is 0 Å². The van der Waals surface area contributed by atoms with E-state index in [1.54, 1.807) is 0 Å². The molecule has 8 heteroatoms. The van der Waals surface area contributed by atoms with Gasteiger partial charge in [0.2, 0.25) is 0 Å². The van der Waals surface area contributed by atoms with Crippen molar-refractivity contribution in [1.82, 2.24) is 9.88 Å². The maximum absolute atomic E-state index is 12.2. The highest BCUT2D eigenvalue weighted by molar-refractivity contribution is 6.34. The fraction of sp³-hybridized carbons (Fsp3) is 0.364. The van der Waals surface area contributed by atoms with Crippen molar-refractivity contribution in [3.8, 4) is 0 Å². The van der Waals surface area contributed by atoms with Crippen molar-refractivity contribution in [1.29, 1.82) is 0 Å². The highest BCUT2D eigenvalue weighted by Gasteiger charge is 2.40. The van der Waals surface area contributed by atoms with Crippen molar-refractivity contribution in [3.63, 3.8) is 0 Å². The molecule has 0 spiro atoms. The number of aliphatic hydroxyl groups is 1. The molecule has 0 aromatic carbocycles. The number of β-amino-alcohol motifs (C(OH)–C–C–N with tert-alkyl or cyclic N) is 1. The summed E-state index contributed by atoms with van der Waals surface area (Å²) in [5.74, 6) is -1.83. The Hall–Kier alpha value is -1.37. The van der Waals surface area contributed by atoms with Crippen molar-refractivity contribution in [2.24, 2.45) is 0 Å². The summed E-state index contributed by atoms with van der Waals surface area (Å²) in [6, 6.07) is 1.75. The van der Waals surface area contributed by atoms with Gasteiger partial charge in [-0.15, -0.1) is 0 Å². The Kier molecular flexibility index (Phi) is 3.93. The number of likely N-dealkylation sites (tertiary alicyclic amines) is 1. The maximum Gasteiger partial charge on any atom is 0.326 e. The Morgan fingerprint density at radius 3 is 2.68 bits per heavy atom. The molecule has 6 nitrogen and oxygen atoms in total. The summed E-state index contributed by atoms with van der Waals surface area (Å²) in [6.07, 6.45) is -0.887. The van der Waals surface area contributed by atoms with Gasteiger partial charge in [-0.1, -0.05) is 23.2 Å². The summed E-state index contributed by atoms with van der Waals surface area (Å²) in [5, 5.41) is 18.7. The van der Waals surface area contributed by atoms with Gasteiger partial charge in [0.25, 0.3) is 5.91 Å². The zero-order valence-corrected chi connectivity index (χ0v) is 11.1. The van der Waals surface area contributed by atoms with Crippen molar-refractivity contribution in [3.05, 3.63) is 28.0 Å². The molecule has 1 aromatic rings. The lowest BCUT2D eigenvalue weighted by molar-refractivity contribution is -0.141. The molecule has 2 heterocycles. The first-order valence-corrected chi connectivity index (χ1v) is 6.19. The van der Waals surface area contributed by atoms with Crippen LogP contribution in [0.15, 0.2) is 12.1 Å². The fourth-order valence-corrected chi connectivity index (χ4v) is 2.31. The molecule has 0 aliphatic carbocycles. The number of carbonyl (C=O) groups excluding carboxylic acids is 1. The molecule has 1 saturated heterocycles. The van der Waals surface area contributed by atoms with Crippen molar-refractivity contribution in [2.45, 2.75) is 18.6 Å². The van der Waals surface area contributed by atoms with E-state index in [1.165, 1.54) is 12.1 Å². The molecule has 1 aliphatic rings. The molecular weight excluding hydrogens is 295 g/mol. The van der Waals surface area contributed by atoms with Gasteiger partial charge in [-0.3, -0.25) is 4.79 Å². The molecular formula is C11H10Cl2N2O4. The predicted octanol–water partition coefficient (Wildman–Crippen LogP) is 1.05. The highest BCUT2D eigenvalue weighted by atomic mass is 35.5. The van der Waals surface area contributed by atoms with E-state index in [0.717, 1.165) is 4.90 Å². The van der Waals surface area contributed by atoms with Gasteiger partial charge < -0.3 is 15.1 Å². The number of carboxylic acid groups (broad SMARTS) is 1. The third-order valence-corrected chi connectivity index (χ3v) is 3.36. The van der Waals surface area contributed by atoms with Crippen LogP contribution in [0.4, 0.5) is 0 Å². The minimum absolute atomic E-state index is 0.0146. The van der Waals surface area contributed by atoms with Gasteiger partial charge in [0.05, 0.1) is 11.1 Å². The first-order chi connectivity index (χ1) is 8.90. The summed E-state index contributed by atoms with van der Waals surface area (Å²) in [5.41, 5.74) is -0.116. The monoisotopic (exact) mass is 304 g/mol. The van der Waals surface area contributed by atoms with Crippen LogP contribution in [0, 0.1) is 0 Å². The van der Waals surface area contributed by atoms with E-state index in [4.69, 9.17) is 28.3 Å². The van der Waals surface area contributed by atoms with Gasteiger partial charge in [-0.25, -0.2) is 9.78 Å². The number of hydrogen-bond acceptors (Lipinski definition) is 4. The van der Waals surface area contributed by atoms with Crippen LogP contribution in [0.3, 0.4) is 0 Å². The van der Waals surface area contributed by atoms with Crippen LogP contribution in [-0.2, 0) is 4.79 Å². The molecule has 2 N–H and O–H groups in total. The van der Waals surface area contributed by atoms with Gasteiger partial charge in [0, 0.05) is 13.0 Å². The topological polar surface area (TPSA) is 90.7 Å². The highest BCUT2D eigenvalue weighted by Crippen LogP contribution is 2.24. The quantitative estimate of drug-likeness (QED) is 0.797. The second-order valence-corrected chi connectivity index (χ2v) is 4.96. The molecule has 0 radical (unpaired) electrons. The van der Waals surface area contributed by atoms with E-state index in [-0.39, 0.29) is 28.8 Å². The Morgan fingerprint density at radius 2 is 2.05 bits per heavy atom. The Bertz CT molecular complexity index is 537. The van der Waals surface area contributed by atoms with Crippen molar-refractivity contribution < 1.29 is 19.8 Å².